The van der Waals surface area contributed by atoms with Gasteiger partial charge in [0, 0.05) is 30.5 Å². The van der Waals surface area contributed by atoms with Gasteiger partial charge < -0.3 is 5.32 Å². The normalized spacial score (nSPS) is 15.0. The standard InChI is InChI=1S/C27H30FN7O2/c1-18-22(16-33(2)31-18)26(27(37)29-20-8-4-3-5-9-20)35(21-14-12-19(28)13-15-21)25(36)17-34-24-11-7-6-10-23(24)30-32-34/h6-7,10-16,20,26H,3-5,8-9,17H2,1-2H3,(H,29,37)/t26-/m0/s1. The Labute approximate surface area is 214 Å². The van der Waals surface area contributed by atoms with E-state index in [1.807, 2.05) is 31.2 Å². The average Bonchev–Trinajstić information content (AvgIpc) is 3.45. The molecule has 37 heavy (non-hydrogen) atoms. The highest BCUT2D eigenvalue weighted by molar-refractivity contribution is 6.01. The van der Waals surface area contributed by atoms with E-state index in [9.17, 15) is 14.0 Å². The highest BCUT2D eigenvalue weighted by Crippen LogP contribution is 2.31. The number of aromatic nitrogens is 5. The van der Waals surface area contributed by atoms with Crippen molar-refractivity contribution in [2.24, 2.45) is 7.05 Å². The minimum atomic E-state index is -0.997. The maximum Gasteiger partial charge on any atom is 0.249 e. The number of aryl methyl sites for hydroxylation is 2. The van der Waals surface area contributed by atoms with Crippen molar-refractivity contribution in [2.75, 3.05) is 4.90 Å². The molecule has 2 aromatic heterocycles. The molecule has 0 spiro atoms. The van der Waals surface area contributed by atoms with Crippen molar-refractivity contribution in [3.8, 4) is 0 Å². The molecule has 192 valence electrons. The maximum absolute atomic E-state index is 14.0. The Bertz CT molecular complexity index is 1410. The fourth-order valence-electron chi connectivity index (χ4n) is 5.09. The first-order chi connectivity index (χ1) is 17.9. The molecule has 1 aliphatic rings. The van der Waals surface area contributed by atoms with Gasteiger partial charge in [-0.25, -0.2) is 9.07 Å². The largest absolute Gasteiger partial charge is 0.351 e. The van der Waals surface area contributed by atoms with Gasteiger partial charge in [0.15, 0.2) is 0 Å². The van der Waals surface area contributed by atoms with Crippen molar-refractivity contribution in [3.63, 3.8) is 0 Å². The van der Waals surface area contributed by atoms with Crippen molar-refractivity contribution in [1.29, 1.82) is 0 Å². The summed E-state index contributed by atoms with van der Waals surface area (Å²) < 4.78 is 17.0. The molecule has 0 bridgehead atoms. The predicted octanol–water partition coefficient (Wildman–Crippen LogP) is 3.84. The van der Waals surface area contributed by atoms with Crippen molar-refractivity contribution in [1.82, 2.24) is 30.1 Å². The molecule has 2 amide bonds. The zero-order valence-electron chi connectivity index (χ0n) is 21.0. The Hall–Kier alpha value is -4.08. The van der Waals surface area contributed by atoms with Gasteiger partial charge in [0.05, 0.1) is 11.2 Å². The van der Waals surface area contributed by atoms with Crippen LogP contribution in [0.1, 0.15) is 49.4 Å². The maximum atomic E-state index is 14.0. The van der Waals surface area contributed by atoms with E-state index in [4.69, 9.17) is 0 Å². The highest BCUT2D eigenvalue weighted by atomic mass is 19.1. The molecule has 1 fully saturated rings. The van der Waals surface area contributed by atoms with Gasteiger partial charge >= 0.3 is 0 Å². The lowest BCUT2D eigenvalue weighted by molar-refractivity contribution is -0.127. The monoisotopic (exact) mass is 503 g/mol. The Morgan fingerprint density at radius 1 is 1.11 bits per heavy atom. The third-order valence-electron chi connectivity index (χ3n) is 6.88. The second-order valence-electron chi connectivity index (χ2n) is 9.57. The number of hydrogen-bond donors (Lipinski definition) is 1. The molecule has 10 heteroatoms. The molecule has 1 atom stereocenters. The van der Waals surface area contributed by atoms with Crippen LogP contribution in [-0.2, 0) is 23.2 Å². The second kappa shape index (κ2) is 10.5. The van der Waals surface area contributed by atoms with Gasteiger partial charge in [0.1, 0.15) is 23.9 Å². The average molecular weight is 504 g/mol. The number of carbonyl (C=O) groups excluding carboxylic acids is 2. The summed E-state index contributed by atoms with van der Waals surface area (Å²) in [6, 6.07) is 12.0. The minimum absolute atomic E-state index is 0.0464. The smallest absolute Gasteiger partial charge is 0.249 e. The summed E-state index contributed by atoms with van der Waals surface area (Å²) in [5.74, 6) is -1.10. The number of rotatable bonds is 7. The molecular formula is C27H30FN7O2. The zero-order valence-corrected chi connectivity index (χ0v) is 21.0. The number of fused-ring (bicyclic) bond motifs is 1. The van der Waals surface area contributed by atoms with Crippen molar-refractivity contribution in [2.45, 2.75) is 57.7 Å². The van der Waals surface area contributed by atoms with Gasteiger partial charge in [0.25, 0.3) is 0 Å². The minimum Gasteiger partial charge on any atom is -0.351 e. The molecular weight excluding hydrogens is 473 g/mol. The van der Waals surface area contributed by atoms with Gasteiger partial charge in [0.2, 0.25) is 11.8 Å². The fraction of sp³-hybridized carbons (Fsp3) is 0.370. The Kier molecular flexibility index (Phi) is 6.98. The number of hydrogen-bond acceptors (Lipinski definition) is 5. The van der Waals surface area contributed by atoms with Crippen LogP contribution in [0.4, 0.5) is 10.1 Å². The first-order valence-corrected chi connectivity index (χ1v) is 12.6. The third-order valence-corrected chi connectivity index (χ3v) is 6.88. The number of para-hydroxylation sites is 1. The molecule has 0 unspecified atom stereocenters. The van der Waals surface area contributed by atoms with Crippen LogP contribution in [0.5, 0.6) is 0 Å². The van der Waals surface area contributed by atoms with Gasteiger partial charge in [-0.15, -0.1) is 5.10 Å². The van der Waals surface area contributed by atoms with Crippen LogP contribution in [-0.4, -0.2) is 42.6 Å². The van der Waals surface area contributed by atoms with E-state index in [1.165, 1.54) is 33.8 Å². The van der Waals surface area contributed by atoms with E-state index in [2.05, 4.69) is 20.7 Å². The number of benzene rings is 2. The molecule has 1 saturated carbocycles. The Morgan fingerprint density at radius 2 is 1.84 bits per heavy atom. The SMILES string of the molecule is Cc1nn(C)cc1[C@@H](C(=O)NC1CCCCC1)N(C(=O)Cn1nnc2ccccc21)c1ccc(F)cc1. The predicted molar refractivity (Wildman–Crippen MR) is 137 cm³/mol. The summed E-state index contributed by atoms with van der Waals surface area (Å²) in [7, 11) is 1.78. The van der Waals surface area contributed by atoms with Gasteiger partial charge in [-0.3, -0.25) is 19.2 Å². The number of amides is 2. The van der Waals surface area contributed by atoms with Crippen LogP contribution >= 0.6 is 0 Å². The first-order valence-electron chi connectivity index (χ1n) is 12.6. The van der Waals surface area contributed by atoms with Crippen LogP contribution in [0.15, 0.2) is 54.7 Å². The van der Waals surface area contributed by atoms with Crippen molar-refractivity contribution >= 4 is 28.5 Å². The molecule has 0 saturated heterocycles. The topological polar surface area (TPSA) is 97.9 Å². The summed E-state index contributed by atoms with van der Waals surface area (Å²) in [6.45, 7) is 1.67. The quantitative estimate of drug-likeness (QED) is 0.413. The van der Waals surface area contributed by atoms with Crippen LogP contribution in [0.3, 0.4) is 0 Å². The number of anilines is 1. The first kappa shape index (κ1) is 24.6. The lowest BCUT2D eigenvalue weighted by Crippen LogP contribution is -2.48. The summed E-state index contributed by atoms with van der Waals surface area (Å²) in [6.07, 6.45) is 6.83. The van der Waals surface area contributed by atoms with Crippen LogP contribution < -0.4 is 10.2 Å². The number of nitrogens with one attached hydrogen (secondary N) is 1. The number of nitrogens with zero attached hydrogens (tertiary/aromatic N) is 6. The van der Waals surface area contributed by atoms with Crippen LogP contribution in [0.2, 0.25) is 0 Å². The molecule has 0 radical (unpaired) electrons. The molecule has 4 aromatic rings. The molecule has 0 aliphatic heterocycles. The highest BCUT2D eigenvalue weighted by Gasteiger charge is 2.36. The Morgan fingerprint density at radius 3 is 2.54 bits per heavy atom. The van der Waals surface area contributed by atoms with E-state index in [0.29, 0.717) is 28.0 Å². The van der Waals surface area contributed by atoms with E-state index in [-0.39, 0.29) is 24.4 Å². The van der Waals surface area contributed by atoms with Gasteiger partial charge in [-0.2, -0.15) is 5.10 Å². The number of halogens is 1. The number of carbonyl (C=O) groups is 2. The van der Waals surface area contributed by atoms with Gasteiger partial charge in [-0.05, 0) is 56.2 Å². The van der Waals surface area contributed by atoms with Crippen molar-refractivity contribution < 1.29 is 14.0 Å². The summed E-state index contributed by atoms with van der Waals surface area (Å²) in [5.41, 5.74) is 3.02. The molecule has 2 heterocycles. The van der Waals surface area contributed by atoms with Crippen molar-refractivity contribution in [3.05, 3.63) is 71.8 Å². The molecule has 1 N–H and O–H groups in total. The van der Waals surface area contributed by atoms with Crippen LogP contribution in [0.25, 0.3) is 11.0 Å². The van der Waals surface area contributed by atoms with E-state index in [1.54, 1.807) is 17.9 Å². The second-order valence-corrected chi connectivity index (χ2v) is 9.57. The molecule has 9 nitrogen and oxygen atoms in total. The molecule has 5 rings (SSSR count). The van der Waals surface area contributed by atoms with Crippen LogP contribution in [0, 0.1) is 12.7 Å². The van der Waals surface area contributed by atoms with E-state index < -0.39 is 11.9 Å². The molecule has 2 aromatic carbocycles. The zero-order chi connectivity index (χ0) is 25.9. The lowest BCUT2D eigenvalue weighted by atomic mass is 9.94. The summed E-state index contributed by atoms with van der Waals surface area (Å²) in [5, 5.41) is 15.9. The van der Waals surface area contributed by atoms with Gasteiger partial charge in [-0.1, -0.05) is 36.6 Å². The molecule has 1 aliphatic carbocycles. The summed E-state index contributed by atoms with van der Waals surface area (Å²) in [4.78, 5) is 29.4. The fourth-order valence-corrected chi connectivity index (χ4v) is 5.09. The van der Waals surface area contributed by atoms with E-state index in [0.717, 1.165) is 32.1 Å². The Balaban J connectivity index is 1.56. The summed E-state index contributed by atoms with van der Waals surface area (Å²) >= 11 is 0. The lowest BCUT2D eigenvalue weighted by Gasteiger charge is -2.33. The third kappa shape index (κ3) is 5.23. The van der Waals surface area contributed by atoms with E-state index >= 15 is 0 Å².